The van der Waals surface area contributed by atoms with E-state index in [1.54, 1.807) is 7.05 Å². The molecule has 1 aliphatic rings. The van der Waals surface area contributed by atoms with Crippen molar-refractivity contribution in [2.75, 3.05) is 20.8 Å². The van der Waals surface area contributed by atoms with Gasteiger partial charge in [-0.1, -0.05) is 23.7 Å². The zero-order valence-corrected chi connectivity index (χ0v) is 12.6. The van der Waals surface area contributed by atoms with Gasteiger partial charge in [0, 0.05) is 12.1 Å². The molecule has 0 spiro atoms. The Morgan fingerprint density at radius 1 is 1.40 bits per heavy atom. The van der Waals surface area contributed by atoms with Gasteiger partial charge in [0.15, 0.2) is 0 Å². The summed E-state index contributed by atoms with van der Waals surface area (Å²) < 4.78 is 5.67. The Bertz CT molecular complexity index is 441. The van der Waals surface area contributed by atoms with Crippen molar-refractivity contribution < 1.29 is 14.4 Å². The Morgan fingerprint density at radius 3 is 2.65 bits per heavy atom. The molecular weight excluding hydrogens is 278 g/mol. The van der Waals surface area contributed by atoms with Gasteiger partial charge < -0.3 is 4.74 Å². The van der Waals surface area contributed by atoms with E-state index in [0.717, 1.165) is 24.3 Å². The van der Waals surface area contributed by atoms with E-state index in [0.29, 0.717) is 12.5 Å². The number of benzene rings is 1. The van der Waals surface area contributed by atoms with Crippen LogP contribution < -0.4 is 0 Å². The second-order valence-electron chi connectivity index (χ2n) is 5.11. The standard InChI is InChI=1S/C15H20ClNO3/c1-17(19-2)15(18)14-8-5-12(10-20-14)9-11-3-6-13(16)7-4-11/h3-4,6-7,12,14H,5,8-10H2,1-2H3/t12-,14+/m0/s1. The highest BCUT2D eigenvalue weighted by atomic mass is 35.5. The molecule has 0 aromatic heterocycles. The van der Waals surface area contributed by atoms with Gasteiger partial charge in [-0.3, -0.25) is 9.63 Å². The Morgan fingerprint density at radius 2 is 2.10 bits per heavy atom. The number of amides is 1. The maximum absolute atomic E-state index is 11.9. The molecule has 1 amide bonds. The zero-order chi connectivity index (χ0) is 14.5. The molecule has 2 rings (SSSR count). The first-order chi connectivity index (χ1) is 9.60. The summed E-state index contributed by atoms with van der Waals surface area (Å²) in [5.41, 5.74) is 1.25. The predicted molar refractivity (Wildman–Crippen MR) is 77.4 cm³/mol. The molecule has 1 aromatic rings. The van der Waals surface area contributed by atoms with Gasteiger partial charge in [-0.25, -0.2) is 5.06 Å². The van der Waals surface area contributed by atoms with Crippen molar-refractivity contribution in [1.29, 1.82) is 0 Å². The van der Waals surface area contributed by atoms with Gasteiger partial charge in [0.1, 0.15) is 6.10 Å². The largest absolute Gasteiger partial charge is 0.368 e. The van der Waals surface area contributed by atoms with E-state index in [1.807, 2.05) is 24.3 Å². The summed E-state index contributed by atoms with van der Waals surface area (Å²) in [7, 11) is 3.08. The molecule has 110 valence electrons. The van der Waals surface area contributed by atoms with Gasteiger partial charge in [0.25, 0.3) is 5.91 Å². The molecule has 5 heteroatoms. The molecule has 0 aliphatic carbocycles. The van der Waals surface area contributed by atoms with E-state index in [1.165, 1.54) is 17.7 Å². The summed E-state index contributed by atoms with van der Waals surface area (Å²) in [6.07, 6.45) is 2.31. The normalized spacial score (nSPS) is 22.6. The lowest BCUT2D eigenvalue weighted by Gasteiger charge is -2.30. The van der Waals surface area contributed by atoms with E-state index in [-0.39, 0.29) is 12.0 Å². The van der Waals surface area contributed by atoms with Crippen LogP contribution in [0.2, 0.25) is 5.02 Å². The number of hydrogen-bond donors (Lipinski definition) is 0. The number of likely N-dealkylation sites (N-methyl/N-ethyl adjacent to an activating group) is 1. The summed E-state index contributed by atoms with van der Waals surface area (Å²) in [5, 5.41) is 1.98. The fourth-order valence-electron chi connectivity index (χ4n) is 2.41. The number of nitrogens with zero attached hydrogens (tertiary/aromatic N) is 1. The van der Waals surface area contributed by atoms with E-state index < -0.39 is 0 Å². The van der Waals surface area contributed by atoms with Crippen LogP contribution in [0.1, 0.15) is 18.4 Å². The Hall–Kier alpha value is -1.10. The van der Waals surface area contributed by atoms with Crippen molar-refractivity contribution >= 4 is 17.5 Å². The molecule has 1 heterocycles. The van der Waals surface area contributed by atoms with Gasteiger partial charge in [-0.05, 0) is 42.9 Å². The highest BCUT2D eigenvalue weighted by molar-refractivity contribution is 6.30. The van der Waals surface area contributed by atoms with Crippen LogP contribution >= 0.6 is 11.6 Å². The monoisotopic (exact) mass is 297 g/mol. The minimum Gasteiger partial charge on any atom is -0.368 e. The average Bonchev–Trinajstić information content (AvgIpc) is 2.49. The lowest BCUT2D eigenvalue weighted by molar-refractivity contribution is -0.184. The molecule has 0 saturated carbocycles. The molecular formula is C15H20ClNO3. The Kier molecular flexibility index (Phi) is 5.40. The quantitative estimate of drug-likeness (QED) is 0.802. The fraction of sp³-hybridized carbons (Fsp3) is 0.533. The third-order valence-corrected chi connectivity index (χ3v) is 3.92. The number of ether oxygens (including phenoxy) is 1. The van der Waals surface area contributed by atoms with Crippen molar-refractivity contribution in [2.24, 2.45) is 5.92 Å². The van der Waals surface area contributed by atoms with Crippen molar-refractivity contribution in [2.45, 2.75) is 25.4 Å². The minimum atomic E-state index is -0.374. The third kappa shape index (κ3) is 3.95. The predicted octanol–water partition coefficient (Wildman–Crippen LogP) is 2.70. The van der Waals surface area contributed by atoms with Crippen molar-refractivity contribution in [3.05, 3.63) is 34.9 Å². The highest BCUT2D eigenvalue weighted by Crippen LogP contribution is 2.24. The second kappa shape index (κ2) is 7.07. The van der Waals surface area contributed by atoms with Gasteiger partial charge in [-0.15, -0.1) is 0 Å². The molecule has 1 aromatic carbocycles. The van der Waals surface area contributed by atoms with Crippen LogP contribution in [-0.4, -0.2) is 37.8 Å². The Balaban J connectivity index is 1.82. The van der Waals surface area contributed by atoms with Gasteiger partial charge in [0.2, 0.25) is 0 Å². The van der Waals surface area contributed by atoms with Crippen LogP contribution in [0.5, 0.6) is 0 Å². The number of rotatable bonds is 4. The summed E-state index contributed by atoms with van der Waals surface area (Å²) in [6.45, 7) is 0.608. The third-order valence-electron chi connectivity index (χ3n) is 3.67. The van der Waals surface area contributed by atoms with Gasteiger partial charge in [-0.2, -0.15) is 0 Å². The van der Waals surface area contributed by atoms with E-state index in [9.17, 15) is 4.79 Å². The van der Waals surface area contributed by atoms with Crippen LogP contribution in [0.4, 0.5) is 0 Å². The number of hydrogen-bond acceptors (Lipinski definition) is 3. The van der Waals surface area contributed by atoms with Gasteiger partial charge in [0.05, 0.1) is 13.7 Å². The van der Waals surface area contributed by atoms with E-state index in [4.69, 9.17) is 21.2 Å². The molecule has 2 atom stereocenters. The molecule has 1 aliphatic heterocycles. The molecule has 0 radical (unpaired) electrons. The minimum absolute atomic E-state index is 0.113. The van der Waals surface area contributed by atoms with E-state index >= 15 is 0 Å². The molecule has 4 nitrogen and oxygen atoms in total. The summed E-state index contributed by atoms with van der Waals surface area (Å²) in [5.74, 6) is 0.338. The van der Waals surface area contributed by atoms with Gasteiger partial charge >= 0.3 is 0 Å². The maximum Gasteiger partial charge on any atom is 0.274 e. The second-order valence-corrected chi connectivity index (χ2v) is 5.55. The highest BCUT2D eigenvalue weighted by Gasteiger charge is 2.29. The molecule has 1 fully saturated rings. The van der Waals surface area contributed by atoms with Crippen LogP contribution in [0.3, 0.4) is 0 Å². The zero-order valence-electron chi connectivity index (χ0n) is 11.8. The van der Waals surface area contributed by atoms with Crippen LogP contribution in [-0.2, 0) is 20.8 Å². The molecule has 0 unspecified atom stereocenters. The maximum atomic E-state index is 11.9. The fourth-order valence-corrected chi connectivity index (χ4v) is 2.53. The van der Waals surface area contributed by atoms with Crippen molar-refractivity contribution in [1.82, 2.24) is 5.06 Å². The molecule has 0 N–H and O–H groups in total. The topological polar surface area (TPSA) is 38.8 Å². The lowest BCUT2D eigenvalue weighted by Crippen LogP contribution is -2.41. The molecule has 0 bridgehead atoms. The van der Waals surface area contributed by atoms with Crippen LogP contribution in [0.15, 0.2) is 24.3 Å². The van der Waals surface area contributed by atoms with Crippen LogP contribution in [0, 0.1) is 5.92 Å². The molecule has 20 heavy (non-hydrogen) atoms. The summed E-state index contributed by atoms with van der Waals surface area (Å²) >= 11 is 5.87. The lowest BCUT2D eigenvalue weighted by atomic mass is 9.92. The number of hydroxylamine groups is 2. The number of carbonyl (C=O) groups excluding carboxylic acids is 1. The molecule has 1 saturated heterocycles. The Labute approximate surface area is 124 Å². The first-order valence-electron chi connectivity index (χ1n) is 6.78. The van der Waals surface area contributed by atoms with Crippen LogP contribution in [0.25, 0.3) is 0 Å². The van der Waals surface area contributed by atoms with Crippen molar-refractivity contribution in [3.8, 4) is 0 Å². The van der Waals surface area contributed by atoms with Crippen molar-refractivity contribution in [3.63, 3.8) is 0 Å². The number of carbonyl (C=O) groups is 1. The smallest absolute Gasteiger partial charge is 0.274 e. The average molecular weight is 298 g/mol. The SMILES string of the molecule is CON(C)C(=O)[C@H]1CC[C@@H](Cc2ccc(Cl)cc2)CO1. The first kappa shape index (κ1) is 15.3. The first-order valence-corrected chi connectivity index (χ1v) is 7.15. The summed E-state index contributed by atoms with van der Waals surface area (Å²) in [4.78, 5) is 16.8. The summed E-state index contributed by atoms with van der Waals surface area (Å²) in [6, 6.07) is 7.89. The number of halogens is 1. The van der Waals surface area contributed by atoms with E-state index in [2.05, 4.69) is 0 Å².